The molecule has 0 saturated carbocycles. The van der Waals surface area contributed by atoms with E-state index in [9.17, 15) is 0 Å². The zero-order valence-electron chi connectivity index (χ0n) is 8.80. The van der Waals surface area contributed by atoms with Crippen molar-refractivity contribution < 1.29 is 4.18 Å². The molecule has 0 aromatic carbocycles. The van der Waals surface area contributed by atoms with Crippen LogP contribution in [0.2, 0.25) is 0 Å². The molecule has 0 spiro atoms. The van der Waals surface area contributed by atoms with Gasteiger partial charge in [0.1, 0.15) is 0 Å². The number of rotatable bonds is 4. The number of halogens is 2. The van der Waals surface area contributed by atoms with Gasteiger partial charge in [-0.15, -0.1) is 24.8 Å². The average Bonchev–Trinajstić information content (AvgIpc) is 2.72. The van der Waals surface area contributed by atoms with E-state index in [1.807, 2.05) is 12.1 Å². The highest BCUT2D eigenvalue weighted by atomic mass is 35.5. The summed E-state index contributed by atoms with van der Waals surface area (Å²) < 4.78 is 5.48. The molecule has 1 fully saturated rings. The van der Waals surface area contributed by atoms with E-state index in [4.69, 9.17) is 4.18 Å². The summed E-state index contributed by atoms with van der Waals surface area (Å²) in [4.78, 5) is 3.98. The van der Waals surface area contributed by atoms with E-state index in [2.05, 4.69) is 10.3 Å². The first-order chi connectivity index (χ1) is 6.95. The number of hydrogen-bond acceptors (Lipinski definition) is 4. The standard InChI is InChI=1S/C10H14N2OS.2ClH/c1-3-9(12-6-1)8-14-13-10-4-2-5-11-7-10;;/h2,4-5,7,9,12H,1,3,6,8H2;2*1H/t9-;;/m0../s1. The Bertz CT molecular complexity index is 271. The molecule has 1 atom stereocenters. The molecule has 2 heterocycles. The lowest BCUT2D eigenvalue weighted by molar-refractivity contribution is 0.618. The molecule has 1 aromatic heterocycles. The summed E-state index contributed by atoms with van der Waals surface area (Å²) in [5, 5.41) is 3.43. The van der Waals surface area contributed by atoms with Crippen LogP contribution in [0.5, 0.6) is 5.75 Å². The van der Waals surface area contributed by atoms with Gasteiger partial charge in [-0.2, -0.15) is 0 Å². The molecule has 0 bridgehead atoms. The Kier molecular flexibility index (Phi) is 8.84. The van der Waals surface area contributed by atoms with Crippen LogP contribution in [-0.2, 0) is 0 Å². The number of nitrogens with zero attached hydrogens (tertiary/aromatic N) is 1. The Morgan fingerprint density at radius 2 is 2.38 bits per heavy atom. The molecule has 1 N–H and O–H groups in total. The predicted octanol–water partition coefficient (Wildman–Crippen LogP) is 2.70. The highest BCUT2D eigenvalue weighted by Crippen LogP contribution is 2.17. The third kappa shape index (κ3) is 5.25. The number of pyridine rings is 1. The molecule has 6 heteroatoms. The van der Waals surface area contributed by atoms with Gasteiger partial charge in [0.2, 0.25) is 0 Å². The van der Waals surface area contributed by atoms with E-state index in [0.29, 0.717) is 6.04 Å². The third-order valence-corrected chi connectivity index (χ3v) is 3.07. The van der Waals surface area contributed by atoms with Crippen molar-refractivity contribution in [2.45, 2.75) is 18.9 Å². The molecule has 0 radical (unpaired) electrons. The summed E-state index contributed by atoms with van der Waals surface area (Å²) in [5.41, 5.74) is 0. The van der Waals surface area contributed by atoms with Crippen LogP contribution >= 0.6 is 36.9 Å². The van der Waals surface area contributed by atoms with E-state index in [1.165, 1.54) is 24.9 Å². The van der Waals surface area contributed by atoms with Crippen molar-refractivity contribution in [3.05, 3.63) is 24.5 Å². The molecule has 0 aliphatic carbocycles. The van der Waals surface area contributed by atoms with Crippen LogP contribution in [0, 0.1) is 0 Å². The Balaban J connectivity index is 0.00000112. The van der Waals surface area contributed by atoms with E-state index in [0.717, 1.165) is 18.0 Å². The van der Waals surface area contributed by atoms with Crippen molar-refractivity contribution >= 4 is 36.9 Å². The van der Waals surface area contributed by atoms with Crippen molar-refractivity contribution in [2.24, 2.45) is 0 Å². The summed E-state index contributed by atoms with van der Waals surface area (Å²) in [6.07, 6.45) is 6.03. The number of nitrogens with one attached hydrogen (secondary N) is 1. The first-order valence-corrected chi connectivity index (χ1v) is 5.79. The van der Waals surface area contributed by atoms with Gasteiger partial charge in [0, 0.05) is 18.0 Å². The highest BCUT2D eigenvalue weighted by Gasteiger charge is 2.14. The van der Waals surface area contributed by atoms with Crippen LogP contribution < -0.4 is 9.50 Å². The quantitative estimate of drug-likeness (QED) is 0.862. The minimum absolute atomic E-state index is 0. The van der Waals surface area contributed by atoms with Crippen LogP contribution in [0.15, 0.2) is 24.5 Å². The molecule has 16 heavy (non-hydrogen) atoms. The van der Waals surface area contributed by atoms with Gasteiger partial charge in [-0.25, -0.2) is 0 Å². The van der Waals surface area contributed by atoms with E-state index in [-0.39, 0.29) is 24.8 Å². The Morgan fingerprint density at radius 1 is 1.50 bits per heavy atom. The normalized spacial score (nSPS) is 18.4. The summed E-state index contributed by atoms with van der Waals surface area (Å²) in [6.45, 7) is 1.15. The van der Waals surface area contributed by atoms with E-state index < -0.39 is 0 Å². The second kappa shape index (κ2) is 8.93. The van der Waals surface area contributed by atoms with Crippen LogP contribution in [0.1, 0.15) is 12.8 Å². The lowest BCUT2D eigenvalue weighted by atomic mass is 10.3. The van der Waals surface area contributed by atoms with Gasteiger partial charge in [0.05, 0.1) is 18.2 Å². The summed E-state index contributed by atoms with van der Waals surface area (Å²) in [6, 6.07) is 4.42. The Morgan fingerprint density at radius 3 is 3.00 bits per heavy atom. The van der Waals surface area contributed by atoms with Crippen molar-refractivity contribution in [2.75, 3.05) is 12.3 Å². The summed E-state index contributed by atoms with van der Waals surface area (Å²) >= 11 is 1.50. The summed E-state index contributed by atoms with van der Waals surface area (Å²) in [7, 11) is 0. The second-order valence-corrected chi connectivity index (χ2v) is 4.09. The molecule has 1 saturated heterocycles. The molecule has 92 valence electrons. The van der Waals surface area contributed by atoms with Crippen LogP contribution in [-0.4, -0.2) is 23.3 Å². The fraction of sp³-hybridized carbons (Fsp3) is 0.500. The van der Waals surface area contributed by atoms with Crippen molar-refractivity contribution in [1.82, 2.24) is 10.3 Å². The predicted molar refractivity (Wildman–Crippen MR) is 72.8 cm³/mol. The highest BCUT2D eigenvalue weighted by molar-refractivity contribution is 7.95. The third-order valence-electron chi connectivity index (χ3n) is 2.22. The van der Waals surface area contributed by atoms with Crippen molar-refractivity contribution in [1.29, 1.82) is 0 Å². The van der Waals surface area contributed by atoms with Gasteiger partial charge in [-0.3, -0.25) is 4.98 Å². The van der Waals surface area contributed by atoms with E-state index >= 15 is 0 Å². The Hall–Kier alpha value is -0.160. The van der Waals surface area contributed by atoms with Gasteiger partial charge in [0.15, 0.2) is 5.75 Å². The first-order valence-electron chi connectivity index (χ1n) is 4.88. The molecule has 0 unspecified atom stereocenters. The first kappa shape index (κ1) is 15.8. The maximum Gasteiger partial charge on any atom is 0.155 e. The fourth-order valence-electron chi connectivity index (χ4n) is 1.48. The lowest BCUT2D eigenvalue weighted by Crippen LogP contribution is -2.23. The molecule has 1 aliphatic rings. The van der Waals surface area contributed by atoms with Crippen LogP contribution in [0.25, 0.3) is 0 Å². The SMILES string of the molecule is Cl.Cl.c1cncc(OSC[C@@H]2CCCN2)c1. The number of aromatic nitrogens is 1. The Labute approximate surface area is 113 Å². The lowest BCUT2D eigenvalue weighted by Gasteiger charge is -2.08. The monoisotopic (exact) mass is 282 g/mol. The molecule has 0 amide bonds. The molecule has 3 nitrogen and oxygen atoms in total. The number of hydrogen-bond donors (Lipinski definition) is 1. The van der Waals surface area contributed by atoms with Crippen LogP contribution in [0.3, 0.4) is 0 Å². The van der Waals surface area contributed by atoms with E-state index in [1.54, 1.807) is 12.4 Å². The largest absolute Gasteiger partial charge is 0.424 e. The summed E-state index contributed by atoms with van der Waals surface area (Å²) in [5.74, 6) is 1.84. The average molecular weight is 283 g/mol. The van der Waals surface area contributed by atoms with Crippen molar-refractivity contribution in [3.63, 3.8) is 0 Å². The molecular formula is C10H16Cl2N2OS. The van der Waals surface area contributed by atoms with Gasteiger partial charge in [-0.1, -0.05) is 0 Å². The van der Waals surface area contributed by atoms with Gasteiger partial charge in [0.25, 0.3) is 0 Å². The minimum atomic E-state index is 0. The molecule has 1 aromatic rings. The smallest absolute Gasteiger partial charge is 0.155 e. The zero-order chi connectivity index (χ0) is 9.64. The maximum absolute atomic E-state index is 5.48. The molecular weight excluding hydrogens is 267 g/mol. The van der Waals surface area contributed by atoms with Crippen LogP contribution in [0.4, 0.5) is 0 Å². The fourth-order valence-corrected chi connectivity index (χ4v) is 2.23. The second-order valence-electron chi connectivity index (χ2n) is 3.35. The minimum Gasteiger partial charge on any atom is -0.424 e. The van der Waals surface area contributed by atoms with Crippen molar-refractivity contribution in [3.8, 4) is 5.75 Å². The maximum atomic E-state index is 5.48. The zero-order valence-corrected chi connectivity index (χ0v) is 11.2. The van der Waals surface area contributed by atoms with Gasteiger partial charge < -0.3 is 9.50 Å². The topological polar surface area (TPSA) is 34.1 Å². The van der Waals surface area contributed by atoms with Gasteiger partial charge >= 0.3 is 0 Å². The van der Waals surface area contributed by atoms with Gasteiger partial charge in [-0.05, 0) is 31.5 Å². The molecule has 2 rings (SSSR count). The molecule has 1 aliphatic heterocycles.